The van der Waals surface area contributed by atoms with Crippen LogP contribution in [0.15, 0.2) is 41.7 Å². The molecule has 0 aliphatic heterocycles. The average Bonchev–Trinajstić information content (AvgIpc) is 2.91. The fourth-order valence-corrected chi connectivity index (χ4v) is 2.95. The lowest BCUT2D eigenvalue weighted by atomic mass is 10.1. The van der Waals surface area contributed by atoms with Crippen LogP contribution in [0.4, 0.5) is 0 Å². The zero-order valence-electron chi connectivity index (χ0n) is 11.2. The van der Waals surface area contributed by atoms with E-state index in [1.807, 2.05) is 36.6 Å². The van der Waals surface area contributed by atoms with Gasteiger partial charge in [-0.2, -0.15) is 5.10 Å². The van der Waals surface area contributed by atoms with E-state index in [2.05, 4.69) is 15.1 Å². The number of halogens is 2. The summed E-state index contributed by atoms with van der Waals surface area (Å²) in [5.74, 6) is 0. The largest absolute Gasteiger partial charge is 0.245 e. The summed E-state index contributed by atoms with van der Waals surface area (Å²) in [4.78, 5) is 8.67. The number of benzene rings is 1. The first-order chi connectivity index (χ1) is 10.2. The van der Waals surface area contributed by atoms with Gasteiger partial charge in [0.15, 0.2) is 10.8 Å². The Morgan fingerprint density at radius 3 is 2.71 bits per heavy atom. The summed E-state index contributed by atoms with van der Waals surface area (Å²) < 4.78 is 1.77. The van der Waals surface area contributed by atoms with E-state index in [4.69, 9.17) is 23.2 Å². The van der Waals surface area contributed by atoms with Crippen molar-refractivity contribution in [3.05, 3.63) is 47.2 Å². The van der Waals surface area contributed by atoms with Gasteiger partial charge in [0.05, 0.1) is 23.5 Å². The molecule has 0 radical (unpaired) electrons. The molecule has 0 saturated carbocycles. The van der Waals surface area contributed by atoms with Crippen molar-refractivity contribution in [1.29, 1.82) is 0 Å². The van der Waals surface area contributed by atoms with Crippen LogP contribution in [0.1, 0.15) is 10.9 Å². The Kier molecular flexibility index (Phi) is 4.33. The highest BCUT2D eigenvalue weighted by Gasteiger charge is 2.15. The first-order valence-electron chi connectivity index (χ1n) is 6.31. The van der Waals surface area contributed by atoms with E-state index in [-0.39, 0.29) is 5.38 Å². The second-order valence-corrected chi connectivity index (χ2v) is 6.10. The molecule has 7 heteroatoms. The Labute approximate surface area is 136 Å². The smallest absolute Gasteiger partial charge is 0.190 e. The maximum Gasteiger partial charge on any atom is 0.190 e. The van der Waals surface area contributed by atoms with Gasteiger partial charge >= 0.3 is 0 Å². The number of hydrogen-bond acceptors (Lipinski definition) is 4. The van der Waals surface area contributed by atoms with Crippen molar-refractivity contribution >= 4 is 46.0 Å². The van der Waals surface area contributed by atoms with E-state index in [9.17, 15) is 0 Å². The maximum absolute atomic E-state index is 6.47. The van der Waals surface area contributed by atoms with Crippen molar-refractivity contribution in [3.8, 4) is 0 Å². The topological polar surface area (TPSA) is 43.6 Å². The number of aromatic nitrogens is 4. The summed E-state index contributed by atoms with van der Waals surface area (Å²) in [7, 11) is 0. The van der Waals surface area contributed by atoms with Crippen LogP contribution >= 0.6 is 35.0 Å². The van der Waals surface area contributed by atoms with Crippen LogP contribution in [0.3, 0.4) is 0 Å². The third-order valence-corrected chi connectivity index (χ3v) is 4.33. The Morgan fingerprint density at radius 2 is 2.00 bits per heavy atom. The lowest BCUT2D eigenvalue weighted by Gasteiger charge is -2.10. The lowest BCUT2D eigenvalue weighted by molar-refractivity contribution is 0.613. The standard InChI is InChI=1S/C14H12Cl2N4S/c1-21-14-18-12(16)10-7-17-20(13(10)19-14)8-11(15)9-5-3-2-4-6-9/h2-7,11H,8H2,1H3/t11-/m0/s1. The van der Waals surface area contributed by atoms with Gasteiger partial charge in [-0.1, -0.05) is 53.7 Å². The number of nitrogens with zero attached hydrogens (tertiary/aromatic N) is 4. The summed E-state index contributed by atoms with van der Waals surface area (Å²) in [5, 5.41) is 5.94. The molecular formula is C14H12Cl2N4S. The summed E-state index contributed by atoms with van der Waals surface area (Å²) >= 11 is 14.1. The predicted octanol–water partition coefficient (Wildman–Crippen LogP) is 4.18. The highest BCUT2D eigenvalue weighted by Crippen LogP contribution is 2.26. The van der Waals surface area contributed by atoms with Crippen LogP contribution in [0.5, 0.6) is 0 Å². The Morgan fingerprint density at radius 1 is 1.24 bits per heavy atom. The van der Waals surface area contributed by atoms with E-state index < -0.39 is 0 Å². The SMILES string of the molecule is CSc1nc(Cl)c2cnn(C[C@H](Cl)c3ccccc3)c2n1. The minimum absolute atomic E-state index is 0.180. The molecule has 21 heavy (non-hydrogen) atoms. The number of fused-ring (bicyclic) bond motifs is 1. The maximum atomic E-state index is 6.47. The molecule has 0 aliphatic carbocycles. The van der Waals surface area contributed by atoms with Gasteiger partial charge in [0.1, 0.15) is 5.15 Å². The quantitative estimate of drug-likeness (QED) is 0.310. The van der Waals surface area contributed by atoms with E-state index in [0.717, 1.165) is 10.9 Å². The first-order valence-corrected chi connectivity index (χ1v) is 8.35. The number of rotatable bonds is 4. The van der Waals surface area contributed by atoms with Crippen molar-refractivity contribution in [2.75, 3.05) is 6.26 Å². The minimum Gasteiger partial charge on any atom is -0.245 e. The second kappa shape index (κ2) is 6.22. The lowest BCUT2D eigenvalue weighted by Crippen LogP contribution is -2.07. The average molecular weight is 339 g/mol. The molecule has 0 spiro atoms. The van der Waals surface area contributed by atoms with Crippen molar-refractivity contribution in [2.24, 2.45) is 0 Å². The molecule has 0 unspecified atom stereocenters. The molecule has 2 heterocycles. The van der Waals surface area contributed by atoms with Gasteiger partial charge in [0.2, 0.25) is 0 Å². The summed E-state index contributed by atoms with van der Waals surface area (Å²) in [5.41, 5.74) is 1.76. The van der Waals surface area contributed by atoms with E-state index in [1.165, 1.54) is 11.8 Å². The van der Waals surface area contributed by atoms with E-state index in [1.54, 1.807) is 10.9 Å². The van der Waals surface area contributed by atoms with E-state index in [0.29, 0.717) is 22.5 Å². The number of thioether (sulfide) groups is 1. The molecule has 3 rings (SSSR count). The molecule has 3 aromatic rings. The molecule has 0 amide bonds. The van der Waals surface area contributed by atoms with Gasteiger partial charge in [-0.3, -0.25) is 0 Å². The summed E-state index contributed by atoms with van der Waals surface area (Å²) in [6.07, 6.45) is 3.59. The van der Waals surface area contributed by atoms with Crippen LogP contribution in [-0.4, -0.2) is 26.0 Å². The van der Waals surface area contributed by atoms with Crippen molar-refractivity contribution < 1.29 is 0 Å². The molecule has 4 nitrogen and oxygen atoms in total. The third-order valence-electron chi connectivity index (χ3n) is 3.11. The fourth-order valence-electron chi connectivity index (χ4n) is 2.05. The number of alkyl halides is 1. The van der Waals surface area contributed by atoms with Gasteiger partial charge in [-0.05, 0) is 11.8 Å². The highest BCUT2D eigenvalue weighted by atomic mass is 35.5. The van der Waals surface area contributed by atoms with Gasteiger partial charge in [-0.25, -0.2) is 14.6 Å². The molecule has 2 aromatic heterocycles. The minimum atomic E-state index is -0.180. The second-order valence-electron chi connectivity index (χ2n) is 4.44. The number of hydrogen-bond donors (Lipinski definition) is 0. The van der Waals surface area contributed by atoms with Crippen molar-refractivity contribution in [3.63, 3.8) is 0 Å². The van der Waals surface area contributed by atoms with Crippen LogP contribution in [0, 0.1) is 0 Å². The molecular weight excluding hydrogens is 327 g/mol. The molecule has 108 valence electrons. The molecule has 0 fully saturated rings. The van der Waals surface area contributed by atoms with Gasteiger partial charge in [0.25, 0.3) is 0 Å². The Balaban J connectivity index is 1.96. The summed E-state index contributed by atoms with van der Waals surface area (Å²) in [6.45, 7) is 0.524. The van der Waals surface area contributed by atoms with Gasteiger partial charge < -0.3 is 0 Å². The normalized spacial score (nSPS) is 12.7. The van der Waals surface area contributed by atoms with Gasteiger partial charge in [-0.15, -0.1) is 11.6 Å². The highest BCUT2D eigenvalue weighted by molar-refractivity contribution is 7.98. The molecule has 0 bridgehead atoms. The fraction of sp³-hybridized carbons (Fsp3) is 0.214. The molecule has 1 atom stereocenters. The Bertz CT molecular complexity index is 760. The molecule has 0 aliphatic rings. The molecule has 1 aromatic carbocycles. The molecule has 0 N–H and O–H groups in total. The van der Waals surface area contributed by atoms with Crippen LogP contribution in [-0.2, 0) is 6.54 Å². The first kappa shape index (κ1) is 14.6. The zero-order chi connectivity index (χ0) is 14.8. The summed E-state index contributed by atoms with van der Waals surface area (Å²) in [6, 6.07) is 9.90. The van der Waals surface area contributed by atoms with Gasteiger partial charge in [0, 0.05) is 0 Å². The van der Waals surface area contributed by atoms with Crippen molar-refractivity contribution in [2.45, 2.75) is 17.1 Å². The monoisotopic (exact) mass is 338 g/mol. The predicted molar refractivity (Wildman–Crippen MR) is 87.2 cm³/mol. The molecule has 0 saturated heterocycles. The third kappa shape index (κ3) is 3.00. The zero-order valence-corrected chi connectivity index (χ0v) is 13.5. The van der Waals surface area contributed by atoms with Crippen LogP contribution < -0.4 is 0 Å². The van der Waals surface area contributed by atoms with E-state index >= 15 is 0 Å². The van der Waals surface area contributed by atoms with Crippen molar-refractivity contribution in [1.82, 2.24) is 19.7 Å². The van der Waals surface area contributed by atoms with Crippen LogP contribution in [0.25, 0.3) is 11.0 Å². The van der Waals surface area contributed by atoms with Crippen LogP contribution in [0.2, 0.25) is 5.15 Å². The Hall–Kier alpha value is -1.30.